The van der Waals surface area contributed by atoms with Crippen LogP contribution in [0.3, 0.4) is 0 Å². The number of pyridine rings is 1. The minimum Gasteiger partial charge on any atom is -0.371 e. The fourth-order valence-electron chi connectivity index (χ4n) is 3.48. The second-order valence-corrected chi connectivity index (χ2v) is 6.46. The van der Waals surface area contributed by atoms with E-state index in [1.807, 2.05) is 0 Å². The third kappa shape index (κ3) is 2.81. The molecule has 0 aliphatic carbocycles. The minimum absolute atomic E-state index is 1.07. The molecule has 2 nitrogen and oxygen atoms in total. The summed E-state index contributed by atoms with van der Waals surface area (Å²) in [5.74, 6) is 0. The van der Waals surface area contributed by atoms with Gasteiger partial charge in [-0.2, -0.15) is 0 Å². The van der Waals surface area contributed by atoms with Crippen LogP contribution in [0.4, 0.5) is 5.69 Å². The average molecular weight is 302 g/mol. The molecule has 0 spiro atoms. The number of hydrogen-bond donors (Lipinski definition) is 0. The molecule has 23 heavy (non-hydrogen) atoms. The maximum Gasteiger partial charge on any atom is 0.0730 e. The molecule has 0 amide bonds. The molecule has 116 valence electrons. The van der Waals surface area contributed by atoms with Crippen molar-refractivity contribution in [2.24, 2.45) is 0 Å². The number of piperidine rings is 1. The van der Waals surface area contributed by atoms with E-state index in [0.717, 1.165) is 24.3 Å². The Labute approximate surface area is 137 Å². The first-order valence-corrected chi connectivity index (χ1v) is 8.53. The van der Waals surface area contributed by atoms with Crippen molar-refractivity contribution >= 4 is 16.6 Å². The van der Waals surface area contributed by atoms with Gasteiger partial charge in [-0.05, 0) is 44.4 Å². The lowest BCUT2D eigenvalue weighted by atomic mass is 10.0. The van der Waals surface area contributed by atoms with Crippen LogP contribution in [0.5, 0.6) is 0 Å². The number of nitrogens with zero attached hydrogens (tertiary/aromatic N) is 2. The van der Waals surface area contributed by atoms with Crippen LogP contribution in [0.25, 0.3) is 22.2 Å². The monoisotopic (exact) mass is 302 g/mol. The van der Waals surface area contributed by atoms with E-state index in [9.17, 15) is 0 Å². The molecule has 2 heteroatoms. The molecule has 1 aliphatic heterocycles. The first-order chi connectivity index (χ1) is 11.3. The Bertz CT molecular complexity index is 818. The Hall–Kier alpha value is -2.35. The molecule has 3 aromatic rings. The van der Waals surface area contributed by atoms with Crippen LogP contribution in [0.2, 0.25) is 0 Å². The zero-order valence-electron chi connectivity index (χ0n) is 13.6. The standard InChI is InChI=1S/C21H22N2/c1-16-10-11-19-18(14-16)21(23-12-6-3-7-13-23)15-20(22-19)17-8-4-2-5-9-17/h2,4-5,8-11,14-15H,3,6-7,12-13H2,1H3. The molecule has 2 aromatic carbocycles. The van der Waals surface area contributed by atoms with Crippen molar-refractivity contribution in [2.45, 2.75) is 26.2 Å². The first-order valence-electron chi connectivity index (χ1n) is 8.53. The maximum atomic E-state index is 4.92. The second-order valence-electron chi connectivity index (χ2n) is 6.46. The fourth-order valence-corrected chi connectivity index (χ4v) is 3.48. The van der Waals surface area contributed by atoms with Crippen molar-refractivity contribution in [1.82, 2.24) is 4.98 Å². The molecule has 2 heterocycles. The molecule has 0 radical (unpaired) electrons. The molecule has 0 saturated carbocycles. The summed E-state index contributed by atoms with van der Waals surface area (Å²) in [6.45, 7) is 4.47. The normalized spacial score (nSPS) is 15.1. The smallest absolute Gasteiger partial charge is 0.0730 e. The molecular formula is C21H22N2. The van der Waals surface area contributed by atoms with Gasteiger partial charge in [-0.1, -0.05) is 42.0 Å². The molecular weight excluding hydrogens is 280 g/mol. The zero-order valence-corrected chi connectivity index (χ0v) is 13.6. The SMILES string of the molecule is Cc1ccc2nc(-c3ccccc3)cc(N3CCCCC3)c2c1. The lowest BCUT2D eigenvalue weighted by molar-refractivity contribution is 0.579. The van der Waals surface area contributed by atoms with Gasteiger partial charge in [-0.15, -0.1) is 0 Å². The predicted octanol–water partition coefficient (Wildman–Crippen LogP) is 5.20. The summed E-state index contributed by atoms with van der Waals surface area (Å²) >= 11 is 0. The van der Waals surface area contributed by atoms with Crippen LogP contribution in [0.15, 0.2) is 54.6 Å². The molecule has 4 rings (SSSR count). The topological polar surface area (TPSA) is 16.1 Å². The van der Waals surface area contributed by atoms with Crippen molar-refractivity contribution in [3.63, 3.8) is 0 Å². The molecule has 1 aliphatic rings. The van der Waals surface area contributed by atoms with Gasteiger partial charge in [0.2, 0.25) is 0 Å². The number of hydrogen-bond acceptors (Lipinski definition) is 2. The van der Waals surface area contributed by atoms with Gasteiger partial charge in [0.1, 0.15) is 0 Å². The van der Waals surface area contributed by atoms with E-state index < -0.39 is 0 Å². The summed E-state index contributed by atoms with van der Waals surface area (Å²) in [7, 11) is 0. The van der Waals surface area contributed by atoms with Crippen LogP contribution in [-0.2, 0) is 0 Å². The van der Waals surface area contributed by atoms with E-state index in [-0.39, 0.29) is 0 Å². The van der Waals surface area contributed by atoms with Gasteiger partial charge in [0.25, 0.3) is 0 Å². The third-order valence-corrected chi connectivity index (χ3v) is 4.71. The van der Waals surface area contributed by atoms with Crippen LogP contribution < -0.4 is 4.90 Å². The summed E-state index contributed by atoms with van der Waals surface area (Å²) < 4.78 is 0. The molecule has 0 bridgehead atoms. The van der Waals surface area contributed by atoms with Gasteiger partial charge < -0.3 is 4.90 Å². The van der Waals surface area contributed by atoms with Crippen LogP contribution in [-0.4, -0.2) is 18.1 Å². The van der Waals surface area contributed by atoms with Gasteiger partial charge >= 0.3 is 0 Å². The van der Waals surface area contributed by atoms with Gasteiger partial charge in [0, 0.05) is 29.7 Å². The summed E-state index contributed by atoms with van der Waals surface area (Å²) in [6.07, 6.45) is 3.93. The number of fused-ring (bicyclic) bond motifs is 1. The van der Waals surface area contributed by atoms with Crippen LogP contribution in [0.1, 0.15) is 24.8 Å². The van der Waals surface area contributed by atoms with Gasteiger partial charge in [-0.25, -0.2) is 4.98 Å². The van der Waals surface area contributed by atoms with E-state index in [0.29, 0.717) is 0 Å². The molecule has 1 aromatic heterocycles. The average Bonchev–Trinajstić information content (AvgIpc) is 2.62. The largest absolute Gasteiger partial charge is 0.371 e. The first kappa shape index (κ1) is 14.3. The summed E-state index contributed by atoms with van der Waals surface area (Å²) in [4.78, 5) is 7.46. The Morgan fingerprint density at radius 1 is 0.870 bits per heavy atom. The minimum atomic E-state index is 1.07. The summed E-state index contributed by atoms with van der Waals surface area (Å²) in [5.41, 5.74) is 6.00. The lowest BCUT2D eigenvalue weighted by Crippen LogP contribution is -2.29. The van der Waals surface area contributed by atoms with E-state index in [1.54, 1.807) is 0 Å². The van der Waals surface area contributed by atoms with E-state index in [4.69, 9.17) is 4.98 Å². The highest BCUT2D eigenvalue weighted by Gasteiger charge is 2.16. The zero-order chi connectivity index (χ0) is 15.6. The van der Waals surface area contributed by atoms with Crippen molar-refractivity contribution in [3.8, 4) is 11.3 Å². The second kappa shape index (κ2) is 6.04. The van der Waals surface area contributed by atoms with Crippen molar-refractivity contribution in [2.75, 3.05) is 18.0 Å². The summed E-state index contributed by atoms with van der Waals surface area (Å²) in [6, 6.07) is 19.4. The van der Waals surface area contributed by atoms with Gasteiger partial charge in [0.15, 0.2) is 0 Å². The quantitative estimate of drug-likeness (QED) is 0.646. The molecule has 0 unspecified atom stereocenters. The highest BCUT2D eigenvalue weighted by Crippen LogP contribution is 2.33. The molecule has 0 atom stereocenters. The van der Waals surface area contributed by atoms with Gasteiger partial charge in [-0.3, -0.25) is 0 Å². The fraction of sp³-hybridized carbons (Fsp3) is 0.286. The number of rotatable bonds is 2. The Kier molecular flexibility index (Phi) is 3.74. The number of aromatic nitrogens is 1. The number of aryl methyl sites for hydroxylation is 1. The van der Waals surface area contributed by atoms with E-state index >= 15 is 0 Å². The Morgan fingerprint density at radius 3 is 2.43 bits per heavy atom. The molecule has 0 N–H and O–H groups in total. The van der Waals surface area contributed by atoms with Gasteiger partial charge in [0.05, 0.1) is 11.2 Å². The van der Waals surface area contributed by atoms with Crippen molar-refractivity contribution in [1.29, 1.82) is 0 Å². The third-order valence-electron chi connectivity index (χ3n) is 4.71. The number of anilines is 1. The van der Waals surface area contributed by atoms with E-state index in [1.165, 1.54) is 41.5 Å². The van der Waals surface area contributed by atoms with Crippen LogP contribution >= 0.6 is 0 Å². The van der Waals surface area contributed by atoms with Crippen molar-refractivity contribution in [3.05, 3.63) is 60.2 Å². The predicted molar refractivity (Wildman–Crippen MR) is 98.0 cm³/mol. The summed E-state index contributed by atoms with van der Waals surface area (Å²) in [5, 5.41) is 1.28. The van der Waals surface area contributed by atoms with Crippen molar-refractivity contribution < 1.29 is 0 Å². The Morgan fingerprint density at radius 2 is 1.65 bits per heavy atom. The molecule has 1 fully saturated rings. The molecule has 1 saturated heterocycles. The lowest BCUT2D eigenvalue weighted by Gasteiger charge is -2.30. The maximum absolute atomic E-state index is 4.92. The van der Waals surface area contributed by atoms with Crippen LogP contribution in [0, 0.1) is 6.92 Å². The van der Waals surface area contributed by atoms with E-state index in [2.05, 4.69) is 66.4 Å². The Balaban J connectivity index is 1.91. The highest BCUT2D eigenvalue weighted by molar-refractivity contribution is 5.94. The highest BCUT2D eigenvalue weighted by atomic mass is 15.1. The number of benzene rings is 2.